The summed E-state index contributed by atoms with van der Waals surface area (Å²) in [5, 5.41) is 10.8. The first-order chi connectivity index (χ1) is 8.89. The van der Waals surface area contributed by atoms with Crippen LogP contribution in [0.3, 0.4) is 0 Å². The molecule has 0 spiro atoms. The van der Waals surface area contributed by atoms with Gasteiger partial charge in [-0.25, -0.2) is 4.98 Å². The summed E-state index contributed by atoms with van der Waals surface area (Å²) in [4.78, 5) is 14.0. The Hall–Kier alpha value is -2.44. The van der Waals surface area contributed by atoms with Gasteiger partial charge in [-0.05, 0) is 18.2 Å². The molecule has 1 aromatic carbocycles. The molecule has 0 aliphatic rings. The lowest BCUT2D eigenvalue weighted by molar-refractivity contribution is -0.384. The fraction of sp³-hybridized carbons (Fsp3) is 0.0833. The summed E-state index contributed by atoms with van der Waals surface area (Å²) >= 11 is 0. The van der Waals surface area contributed by atoms with Crippen LogP contribution in [-0.4, -0.2) is 9.91 Å². The van der Waals surface area contributed by atoms with Crippen molar-refractivity contribution in [3.05, 3.63) is 58.3 Å². The minimum atomic E-state index is -4.44. The van der Waals surface area contributed by atoms with E-state index in [1.807, 2.05) is 0 Å². The number of nitrogens with zero attached hydrogens (tertiary/aromatic N) is 2. The number of alkyl halides is 3. The fourth-order valence-electron chi connectivity index (χ4n) is 1.58. The third-order valence-electron chi connectivity index (χ3n) is 2.47. The van der Waals surface area contributed by atoms with Gasteiger partial charge in [0.1, 0.15) is 5.69 Å². The van der Waals surface area contributed by atoms with E-state index < -0.39 is 16.7 Å². The van der Waals surface area contributed by atoms with Gasteiger partial charge in [0.2, 0.25) is 0 Å². The number of hydrogen-bond acceptors (Lipinski definition) is 3. The highest BCUT2D eigenvalue weighted by Crippen LogP contribution is 2.32. The number of pyridine rings is 1. The van der Waals surface area contributed by atoms with Crippen LogP contribution in [0.4, 0.5) is 18.9 Å². The van der Waals surface area contributed by atoms with Gasteiger partial charge in [-0.1, -0.05) is 12.1 Å². The van der Waals surface area contributed by atoms with E-state index in [1.54, 1.807) is 0 Å². The summed E-state index contributed by atoms with van der Waals surface area (Å²) < 4.78 is 37.2. The van der Waals surface area contributed by atoms with Gasteiger partial charge < -0.3 is 0 Å². The average Bonchev–Trinajstić information content (AvgIpc) is 2.38. The number of hydrogen-bond donors (Lipinski definition) is 0. The topological polar surface area (TPSA) is 56.0 Å². The van der Waals surface area contributed by atoms with Crippen molar-refractivity contribution >= 4 is 5.69 Å². The van der Waals surface area contributed by atoms with Crippen LogP contribution in [0.15, 0.2) is 42.6 Å². The first-order valence-corrected chi connectivity index (χ1v) is 5.16. The third-order valence-corrected chi connectivity index (χ3v) is 2.47. The number of aromatic nitrogens is 1. The zero-order valence-electron chi connectivity index (χ0n) is 9.39. The molecule has 2 rings (SSSR count). The molecular weight excluding hydrogens is 261 g/mol. The molecule has 0 unspecified atom stereocenters. The Morgan fingerprint density at radius 2 is 1.74 bits per heavy atom. The molecule has 0 bridgehead atoms. The van der Waals surface area contributed by atoms with Gasteiger partial charge in [-0.3, -0.25) is 10.1 Å². The predicted molar refractivity (Wildman–Crippen MR) is 61.3 cm³/mol. The molecule has 1 heterocycles. The lowest BCUT2D eigenvalue weighted by Gasteiger charge is -2.07. The van der Waals surface area contributed by atoms with Crippen LogP contribution in [0.2, 0.25) is 0 Å². The fourth-order valence-corrected chi connectivity index (χ4v) is 1.58. The lowest BCUT2D eigenvalue weighted by Crippen LogP contribution is -2.04. The van der Waals surface area contributed by atoms with Crippen LogP contribution in [0.25, 0.3) is 11.3 Å². The molecule has 2 aromatic rings. The maximum Gasteiger partial charge on any atom is 0.416 e. The monoisotopic (exact) mass is 268 g/mol. The molecule has 7 heteroatoms. The Morgan fingerprint density at radius 3 is 2.26 bits per heavy atom. The van der Waals surface area contributed by atoms with Gasteiger partial charge in [0, 0.05) is 17.8 Å². The van der Waals surface area contributed by atoms with Gasteiger partial charge in [-0.2, -0.15) is 13.2 Å². The molecule has 0 saturated heterocycles. The summed E-state index contributed by atoms with van der Waals surface area (Å²) in [7, 11) is 0. The van der Waals surface area contributed by atoms with Crippen molar-refractivity contribution in [1.29, 1.82) is 0 Å². The van der Waals surface area contributed by atoms with Crippen LogP contribution in [-0.2, 0) is 6.18 Å². The smallest absolute Gasteiger partial charge is 0.258 e. The summed E-state index contributed by atoms with van der Waals surface area (Å²) in [6.07, 6.45) is -3.09. The molecule has 0 saturated carbocycles. The van der Waals surface area contributed by atoms with Crippen LogP contribution in [0.1, 0.15) is 5.56 Å². The molecule has 0 N–H and O–H groups in total. The Bertz CT molecular complexity index is 609. The molecule has 98 valence electrons. The second-order valence-corrected chi connectivity index (χ2v) is 3.70. The molecule has 0 aliphatic carbocycles. The maximum atomic E-state index is 12.4. The zero-order chi connectivity index (χ0) is 14.0. The number of rotatable bonds is 2. The Morgan fingerprint density at radius 1 is 1.11 bits per heavy atom. The van der Waals surface area contributed by atoms with Gasteiger partial charge in [0.25, 0.3) is 5.69 Å². The molecule has 0 radical (unpaired) electrons. The van der Waals surface area contributed by atoms with Crippen molar-refractivity contribution in [1.82, 2.24) is 4.98 Å². The van der Waals surface area contributed by atoms with E-state index in [-0.39, 0.29) is 16.9 Å². The van der Waals surface area contributed by atoms with Crippen molar-refractivity contribution in [2.45, 2.75) is 6.18 Å². The van der Waals surface area contributed by atoms with E-state index in [0.29, 0.717) is 0 Å². The van der Waals surface area contributed by atoms with Gasteiger partial charge in [0.05, 0.1) is 10.5 Å². The SMILES string of the molecule is O=[N+]([O-])c1cccnc1-c1ccc(C(F)(F)F)cc1. The minimum Gasteiger partial charge on any atom is -0.258 e. The second kappa shape index (κ2) is 4.68. The van der Waals surface area contributed by atoms with Gasteiger partial charge in [0.15, 0.2) is 0 Å². The van der Waals surface area contributed by atoms with Crippen molar-refractivity contribution in [3.63, 3.8) is 0 Å². The second-order valence-electron chi connectivity index (χ2n) is 3.70. The third kappa shape index (κ3) is 2.70. The highest BCUT2D eigenvalue weighted by Gasteiger charge is 2.30. The van der Waals surface area contributed by atoms with E-state index in [9.17, 15) is 23.3 Å². The first kappa shape index (κ1) is 13.0. The van der Waals surface area contributed by atoms with E-state index in [1.165, 1.54) is 18.3 Å². The Labute approximate surface area is 105 Å². The molecule has 0 atom stereocenters. The first-order valence-electron chi connectivity index (χ1n) is 5.16. The quantitative estimate of drug-likeness (QED) is 0.616. The molecule has 4 nitrogen and oxygen atoms in total. The molecule has 1 aromatic heterocycles. The zero-order valence-corrected chi connectivity index (χ0v) is 9.39. The van der Waals surface area contributed by atoms with Crippen molar-refractivity contribution in [2.75, 3.05) is 0 Å². The number of nitro groups is 1. The van der Waals surface area contributed by atoms with E-state index in [2.05, 4.69) is 4.98 Å². The molecular formula is C12H7F3N2O2. The summed E-state index contributed by atoms with van der Waals surface area (Å²) in [5.74, 6) is 0. The summed E-state index contributed by atoms with van der Waals surface area (Å²) in [6, 6.07) is 6.71. The largest absolute Gasteiger partial charge is 0.416 e. The summed E-state index contributed by atoms with van der Waals surface area (Å²) in [5.41, 5.74) is -0.751. The maximum absolute atomic E-state index is 12.4. The standard InChI is InChI=1S/C12H7F3N2O2/c13-12(14,15)9-5-3-8(4-6-9)11-10(17(18)19)2-1-7-16-11/h1-7H. The molecule has 0 fully saturated rings. The van der Waals surface area contributed by atoms with Crippen molar-refractivity contribution < 1.29 is 18.1 Å². The highest BCUT2D eigenvalue weighted by atomic mass is 19.4. The highest BCUT2D eigenvalue weighted by molar-refractivity contribution is 5.69. The van der Waals surface area contributed by atoms with Crippen LogP contribution in [0, 0.1) is 10.1 Å². The van der Waals surface area contributed by atoms with Crippen molar-refractivity contribution in [2.24, 2.45) is 0 Å². The van der Waals surface area contributed by atoms with Crippen LogP contribution in [0.5, 0.6) is 0 Å². The Kier molecular flexibility index (Phi) is 3.20. The van der Waals surface area contributed by atoms with Gasteiger partial charge >= 0.3 is 6.18 Å². The number of benzene rings is 1. The molecule has 0 amide bonds. The summed E-state index contributed by atoms with van der Waals surface area (Å²) in [6.45, 7) is 0. The Balaban J connectivity index is 2.46. The molecule has 19 heavy (non-hydrogen) atoms. The van der Waals surface area contributed by atoms with Crippen molar-refractivity contribution in [3.8, 4) is 11.3 Å². The predicted octanol–water partition coefficient (Wildman–Crippen LogP) is 3.68. The van der Waals surface area contributed by atoms with Crippen LogP contribution >= 0.6 is 0 Å². The molecule has 0 aliphatic heterocycles. The van der Waals surface area contributed by atoms with E-state index in [4.69, 9.17) is 0 Å². The minimum absolute atomic E-state index is 0.0428. The van der Waals surface area contributed by atoms with Gasteiger partial charge in [-0.15, -0.1) is 0 Å². The van der Waals surface area contributed by atoms with Crippen LogP contribution < -0.4 is 0 Å². The van der Waals surface area contributed by atoms with E-state index >= 15 is 0 Å². The van der Waals surface area contributed by atoms with E-state index in [0.717, 1.165) is 24.3 Å². The lowest BCUT2D eigenvalue weighted by atomic mass is 10.1. The number of halogens is 3. The normalized spacial score (nSPS) is 11.3. The average molecular weight is 268 g/mol.